The van der Waals surface area contributed by atoms with Crippen LogP contribution in [0, 0.1) is 0 Å². The van der Waals surface area contributed by atoms with Crippen molar-refractivity contribution in [3.05, 3.63) is 18.0 Å². The van der Waals surface area contributed by atoms with Crippen molar-refractivity contribution in [2.24, 2.45) is 5.73 Å². The Balaban J connectivity index is 1.61. The van der Waals surface area contributed by atoms with Gasteiger partial charge in [-0.15, -0.1) is 0 Å². The Labute approximate surface area is 126 Å². The Hall–Kier alpha value is -0.480. The van der Waals surface area contributed by atoms with Crippen LogP contribution in [0.1, 0.15) is 63.6 Å². The van der Waals surface area contributed by atoms with Gasteiger partial charge in [-0.1, -0.05) is 19.3 Å². The molecule has 4 heteroatoms. The highest BCUT2D eigenvalue weighted by molar-refractivity contribution is 8.00. The number of nitrogens with two attached hydrogens (primary N) is 1. The molecule has 2 atom stereocenters. The fourth-order valence-corrected chi connectivity index (χ4v) is 4.91. The van der Waals surface area contributed by atoms with E-state index in [1.165, 1.54) is 56.4 Å². The van der Waals surface area contributed by atoms with Crippen LogP contribution >= 0.6 is 11.8 Å². The maximum absolute atomic E-state index is 6.46. The third-order valence-corrected chi connectivity index (χ3v) is 6.73. The summed E-state index contributed by atoms with van der Waals surface area (Å²) in [6.45, 7) is 2.33. The van der Waals surface area contributed by atoms with Crippen molar-refractivity contribution in [3.63, 3.8) is 0 Å². The first-order chi connectivity index (χ1) is 9.67. The van der Waals surface area contributed by atoms with E-state index in [1.807, 2.05) is 11.8 Å². The molecule has 1 saturated carbocycles. The Kier molecular flexibility index (Phi) is 4.41. The highest BCUT2D eigenvalue weighted by Crippen LogP contribution is 2.40. The van der Waals surface area contributed by atoms with Crippen molar-refractivity contribution in [1.29, 1.82) is 0 Å². The van der Waals surface area contributed by atoms with Gasteiger partial charge in [0, 0.05) is 23.4 Å². The summed E-state index contributed by atoms with van der Waals surface area (Å²) in [5.41, 5.74) is 7.64. The average Bonchev–Trinajstić information content (AvgIpc) is 3.10. The van der Waals surface area contributed by atoms with Crippen LogP contribution in [0.3, 0.4) is 0 Å². The molecule has 3 rings (SSSR count). The van der Waals surface area contributed by atoms with Gasteiger partial charge < -0.3 is 5.73 Å². The van der Waals surface area contributed by atoms with Crippen molar-refractivity contribution in [2.45, 2.75) is 75.1 Å². The predicted octanol–water partition coefficient (Wildman–Crippen LogP) is 3.54. The molecule has 2 heterocycles. The monoisotopic (exact) mass is 293 g/mol. The minimum atomic E-state index is 0.227. The lowest BCUT2D eigenvalue weighted by Gasteiger charge is -2.29. The van der Waals surface area contributed by atoms with Gasteiger partial charge in [0.2, 0.25) is 0 Å². The number of rotatable bonds is 4. The minimum absolute atomic E-state index is 0.227. The second kappa shape index (κ2) is 6.10. The highest BCUT2D eigenvalue weighted by atomic mass is 32.2. The van der Waals surface area contributed by atoms with E-state index in [2.05, 4.69) is 23.9 Å². The standard InChI is InChI=1S/C16H27N3S/c1-16(9-5-11-20-16)15(17)12-13-8-10-19(18-13)14-6-3-2-4-7-14/h8,10,14-15H,2-7,9,11-12,17H2,1H3. The van der Waals surface area contributed by atoms with Gasteiger partial charge in [0.15, 0.2) is 0 Å². The molecule has 2 unspecified atom stereocenters. The molecular formula is C16H27N3S. The third kappa shape index (κ3) is 3.06. The van der Waals surface area contributed by atoms with E-state index in [9.17, 15) is 0 Å². The van der Waals surface area contributed by atoms with Gasteiger partial charge in [-0.2, -0.15) is 16.9 Å². The number of hydrogen-bond acceptors (Lipinski definition) is 3. The molecule has 112 valence electrons. The summed E-state index contributed by atoms with van der Waals surface area (Å²) >= 11 is 2.05. The van der Waals surface area contributed by atoms with E-state index in [0.29, 0.717) is 6.04 Å². The zero-order chi connectivity index (χ0) is 14.0. The highest BCUT2D eigenvalue weighted by Gasteiger charge is 2.36. The smallest absolute Gasteiger partial charge is 0.0640 e. The number of aromatic nitrogens is 2. The van der Waals surface area contributed by atoms with E-state index < -0.39 is 0 Å². The zero-order valence-electron chi connectivity index (χ0n) is 12.6. The van der Waals surface area contributed by atoms with Gasteiger partial charge in [-0.25, -0.2) is 0 Å². The number of hydrogen-bond donors (Lipinski definition) is 1. The number of nitrogens with zero attached hydrogens (tertiary/aromatic N) is 2. The van der Waals surface area contributed by atoms with Crippen molar-refractivity contribution in [1.82, 2.24) is 9.78 Å². The van der Waals surface area contributed by atoms with Gasteiger partial charge >= 0.3 is 0 Å². The van der Waals surface area contributed by atoms with E-state index in [4.69, 9.17) is 10.8 Å². The maximum Gasteiger partial charge on any atom is 0.0640 e. The van der Waals surface area contributed by atoms with Gasteiger partial charge in [-0.3, -0.25) is 4.68 Å². The molecule has 0 aromatic carbocycles. The molecule has 0 bridgehead atoms. The first-order valence-corrected chi connectivity index (χ1v) is 9.09. The first-order valence-electron chi connectivity index (χ1n) is 8.11. The Morgan fingerprint density at radius 3 is 2.90 bits per heavy atom. The van der Waals surface area contributed by atoms with Gasteiger partial charge in [0.25, 0.3) is 0 Å². The SMILES string of the molecule is CC1(C(N)Cc2ccn(C3CCCCC3)n2)CCCS1. The fourth-order valence-electron chi connectivity index (χ4n) is 3.57. The lowest BCUT2D eigenvalue weighted by Crippen LogP contribution is -2.42. The largest absolute Gasteiger partial charge is 0.326 e. The van der Waals surface area contributed by atoms with Crippen molar-refractivity contribution < 1.29 is 0 Å². The van der Waals surface area contributed by atoms with Crippen LogP contribution in [-0.2, 0) is 6.42 Å². The van der Waals surface area contributed by atoms with E-state index in [1.54, 1.807) is 0 Å². The molecule has 1 aromatic rings. The lowest BCUT2D eigenvalue weighted by atomic mass is 9.93. The second-order valence-electron chi connectivity index (χ2n) is 6.65. The van der Waals surface area contributed by atoms with Crippen molar-refractivity contribution in [2.75, 3.05) is 5.75 Å². The normalized spacial score (nSPS) is 29.7. The molecular weight excluding hydrogens is 266 g/mol. The van der Waals surface area contributed by atoms with Gasteiger partial charge in [0.1, 0.15) is 0 Å². The minimum Gasteiger partial charge on any atom is -0.326 e. The summed E-state index contributed by atoms with van der Waals surface area (Å²) in [6, 6.07) is 3.03. The molecule has 0 spiro atoms. The van der Waals surface area contributed by atoms with Gasteiger partial charge in [-0.05, 0) is 44.4 Å². The summed E-state index contributed by atoms with van der Waals surface area (Å²) in [6.07, 6.45) is 12.3. The quantitative estimate of drug-likeness (QED) is 0.923. The molecule has 2 aliphatic rings. The molecule has 1 aliphatic carbocycles. The zero-order valence-corrected chi connectivity index (χ0v) is 13.4. The molecule has 2 fully saturated rings. The van der Waals surface area contributed by atoms with Crippen molar-refractivity contribution in [3.8, 4) is 0 Å². The Bertz CT molecular complexity index is 431. The van der Waals surface area contributed by atoms with E-state index in [0.717, 1.165) is 6.42 Å². The molecule has 1 aromatic heterocycles. The van der Waals surface area contributed by atoms with E-state index in [-0.39, 0.29) is 10.8 Å². The summed E-state index contributed by atoms with van der Waals surface area (Å²) in [5.74, 6) is 1.26. The van der Waals surface area contributed by atoms with Crippen molar-refractivity contribution >= 4 is 11.8 Å². The number of thioether (sulfide) groups is 1. The summed E-state index contributed by atoms with van der Waals surface area (Å²) in [4.78, 5) is 0. The molecule has 2 N–H and O–H groups in total. The molecule has 0 amide bonds. The average molecular weight is 293 g/mol. The summed E-state index contributed by atoms with van der Waals surface area (Å²) < 4.78 is 2.46. The first kappa shape index (κ1) is 14.5. The van der Waals surface area contributed by atoms with Crippen LogP contribution in [0.5, 0.6) is 0 Å². The van der Waals surface area contributed by atoms with Crippen LogP contribution in [-0.4, -0.2) is 26.3 Å². The molecule has 0 radical (unpaired) electrons. The Morgan fingerprint density at radius 1 is 1.40 bits per heavy atom. The van der Waals surface area contributed by atoms with Crippen LogP contribution in [0.25, 0.3) is 0 Å². The molecule has 20 heavy (non-hydrogen) atoms. The second-order valence-corrected chi connectivity index (χ2v) is 8.28. The lowest BCUT2D eigenvalue weighted by molar-refractivity contribution is 0.327. The fraction of sp³-hybridized carbons (Fsp3) is 0.812. The third-order valence-electron chi connectivity index (χ3n) is 5.08. The van der Waals surface area contributed by atoms with Crippen LogP contribution in [0.4, 0.5) is 0 Å². The molecule has 1 aliphatic heterocycles. The van der Waals surface area contributed by atoms with Crippen LogP contribution < -0.4 is 5.73 Å². The van der Waals surface area contributed by atoms with E-state index >= 15 is 0 Å². The molecule has 1 saturated heterocycles. The topological polar surface area (TPSA) is 43.8 Å². The predicted molar refractivity (Wildman–Crippen MR) is 86.1 cm³/mol. The summed E-state index contributed by atoms with van der Waals surface area (Å²) in [7, 11) is 0. The van der Waals surface area contributed by atoms with Crippen LogP contribution in [0.15, 0.2) is 12.3 Å². The van der Waals surface area contributed by atoms with Crippen LogP contribution in [0.2, 0.25) is 0 Å². The Morgan fingerprint density at radius 2 is 2.20 bits per heavy atom. The maximum atomic E-state index is 6.46. The van der Waals surface area contributed by atoms with Gasteiger partial charge in [0.05, 0.1) is 11.7 Å². The summed E-state index contributed by atoms with van der Waals surface area (Å²) in [5, 5.41) is 4.80. The molecule has 3 nitrogen and oxygen atoms in total.